The van der Waals surface area contributed by atoms with E-state index in [4.69, 9.17) is 16.3 Å². The van der Waals surface area contributed by atoms with E-state index in [0.717, 1.165) is 44.0 Å². The monoisotopic (exact) mass is 588 g/mol. The Bertz CT molecular complexity index is 1850. The van der Waals surface area contributed by atoms with E-state index in [-0.39, 0.29) is 5.91 Å². The molecule has 0 bridgehead atoms. The molecule has 0 unspecified atom stereocenters. The molecule has 8 heteroatoms. The molecular weight excluding hydrogens is 564 g/mol. The molecule has 6 rings (SSSR count). The molecule has 0 fully saturated rings. The van der Waals surface area contributed by atoms with Crippen LogP contribution >= 0.6 is 22.9 Å². The number of hydrogen-bond donors (Lipinski definition) is 2. The second-order valence-electron chi connectivity index (χ2n) is 9.42. The minimum absolute atomic E-state index is 0.314. The number of carbonyl (C=O) groups is 1. The fourth-order valence-corrected chi connectivity index (χ4v) is 5.26. The Balaban J connectivity index is 1.14. The third-order valence-corrected chi connectivity index (χ3v) is 7.58. The zero-order chi connectivity index (χ0) is 28.7. The van der Waals surface area contributed by atoms with E-state index in [1.165, 1.54) is 11.3 Å². The summed E-state index contributed by atoms with van der Waals surface area (Å²) in [7, 11) is 0. The molecule has 5 aromatic carbocycles. The smallest absolute Gasteiger partial charge is 0.271 e. The molecule has 6 aromatic rings. The summed E-state index contributed by atoms with van der Waals surface area (Å²) in [6, 6.07) is 36.6. The first-order valence-electron chi connectivity index (χ1n) is 13.2. The maximum absolute atomic E-state index is 12.9. The molecule has 0 aliphatic rings. The largest absolute Gasteiger partial charge is 0.488 e. The summed E-state index contributed by atoms with van der Waals surface area (Å²) in [6.07, 6.45) is 1.63. The molecule has 1 amide bonds. The molecule has 6 nitrogen and oxygen atoms in total. The summed E-state index contributed by atoms with van der Waals surface area (Å²) in [5, 5.41) is 13.1. The Hall–Kier alpha value is -4.98. The number of amides is 1. The van der Waals surface area contributed by atoms with Crippen LogP contribution in [-0.4, -0.2) is 17.1 Å². The Morgan fingerprint density at radius 2 is 1.64 bits per heavy atom. The number of para-hydroxylation sites is 1. The van der Waals surface area contributed by atoms with Crippen LogP contribution in [0, 0.1) is 0 Å². The van der Waals surface area contributed by atoms with Gasteiger partial charge in [0.1, 0.15) is 12.4 Å². The second kappa shape index (κ2) is 12.7. The first-order valence-corrected chi connectivity index (χ1v) is 14.5. The Labute approximate surface area is 252 Å². The van der Waals surface area contributed by atoms with Crippen molar-refractivity contribution < 1.29 is 9.53 Å². The maximum atomic E-state index is 12.9. The highest BCUT2D eigenvalue weighted by Gasteiger charge is 2.10. The third kappa shape index (κ3) is 6.49. The summed E-state index contributed by atoms with van der Waals surface area (Å²) in [5.41, 5.74) is 7.65. The molecule has 1 aromatic heterocycles. The molecule has 2 N–H and O–H groups in total. The van der Waals surface area contributed by atoms with Gasteiger partial charge in [-0.15, -0.1) is 11.3 Å². The fraction of sp³-hybridized carbons (Fsp3) is 0.0294. The maximum Gasteiger partial charge on any atom is 0.271 e. The number of benzene rings is 5. The molecule has 0 aliphatic carbocycles. The van der Waals surface area contributed by atoms with Gasteiger partial charge in [0.25, 0.3) is 5.91 Å². The van der Waals surface area contributed by atoms with Gasteiger partial charge in [-0.2, -0.15) is 5.10 Å². The van der Waals surface area contributed by atoms with Gasteiger partial charge in [-0.05, 0) is 58.8 Å². The first-order chi connectivity index (χ1) is 20.6. The number of thiazole rings is 1. The SMILES string of the molecule is O=C(N/N=C\c1c(OCc2ccc(Cl)cc2)ccc2ccccc12)c1ccc(-c2csc(Nc3ccccc3)n2)cc1. The molecular formula is C34H25ClN4O2S. The second-order valence-corrected chi connectivity index (χ2v) is 10.7. The normalized spacial score (nSPS) is 11.1. The van der Waals surface area contributed by atoms with Crippen molar-refractivity contribution in [3.8, 4) is 17.0 Å². The van der Waals surface area contributed by atoms with E-state index >= 15 is 0 Å². The van der Waals surface area contributed by atoms with Crippen molar-refractivity contribution in [1.29, 1.82) is 0 Å². The molecule has 0 atom stereocenters. The van der Waals surface area contributed by atoms with Crippen LogP contribution in [0.15, 0.2) is 126 Å². The lowest BCUT2D eigenvalue weighted by Crippen LogP contribution is -2.17. The number of fused-ring (bicyclic) bond motifs is 1. The van der Waals surface area contributed by atoms with Crippen LogP contribution < -0.4 is 15.5 Å². The summed E-state index contributed by atoms with van der Waals surface area (Å²) in [6.45, 7) is 0.373. The lowest BCUT2D eigenvalue weighted by Gasteiger charge is -2.12. The van der Waals surface area contributed by atoms with Crippen molar-refractivity contribution in [2.75, 3.05) is 5.32 Å². The highest BCUT2D eigenvalue weighted by molar-refractivity contribution is 7.14. The number of nitrogens with one attached hydrogen (secondary N) is 2. The third-order valence-electron chi connectivity index (χ3n) is 6.57. The topological polar surface area (TPSA) is 75.6 Å². The van der Waals surface area contributed by atoms with Gasteiger partial charge < -0.3 is 10.1 Å². The van der Waals surface area contributed by atoms with Gasteiger partial charge in [-0.1, -0.05) is 84.4 Å². The minimum atomic E-state index is -0.314. The predicted molar refractivity (Wildman–Crippen MR) is 172 cm³/mol. The van der Waals surface area contributed by atoms with Crippen LogP contribution in [0.5, 0.6) is 5.75 Å². The van der Waals surface area contributed by atoms with Crippen LogP contribution in [0.3, 0.4) is 0 Å². The molecule has 0 radical (unpaired) electrons. The number of carbonyl (C=O) groups excluding carboxylic acids is 1. The number of nitrogens with zero attached hydrogens (tertiary/aromatic N) is 2. The zero-order valence-electron chi connectivity index (χ0n) is 22.3. The van der Waals surface area contributed by atoms with Crippen LogP contribution in [0.1, 0.15) is 21.5 Å². The van der Waals surface area contributed by atoms with Crippen LogP contribution in [0.4, 0.5) is 10.8 Å². The van der Waals surface area contributed by atoms with Crippen molar-refractivity contribution in [1.82, 2.24) is 10.4 Å². The molecule has 0 saturated carbocycles. The zero-order valence-corrected chi connectivity index (χ0v) is 23.9. The van der Waals surface area contributed by atoms with Gasteiger partial charge in [-0.3, -0.25) is 4.79 Å². The lowest BCUT2D eigenvalue weighted by atomic mass is 10.0. The number of hydrazone groups is 1. The summed E-state index contributed by atoms with van der Waals surface area (Å²) in [4.78, 5) is 17.6. The van der Waals surface area contributed by atoms with E-state index < -0.39 is 0 Å². The highest BCUT2D eigenvalue weighted by atomic mass is 35.5. The van der Waals surface area contributed by atoms with E-state index in [1.54, 1.807) is 18.3 Å². The average Bonchev–Trinajstić information content (AvgIpc) is 3.50. The number of aromatic nitrogens is 1. The predicted octanol–water partition coefficient (Wildman–Crippen LogP) is 8.70. The van der Waals surface area contributed by atoms with Gasteiger partial charge in [0.15, 0.2) is 5.13 Å². The van der Waals surface area contributed by atoms with E-state index in [9.17, 15) is 4.79 Å². The Kier molecular flexibility index (Phi) is 8.21. The number of rotatable bonds is 9. The minimum Gasteiger partial charge on any atom is -0.488 e. The molecule has 0 saturated heterocycles. The van der Waals surface area contributed by atoms with Crippen molar-refractivity contribution >= 4 is 56.7 Å². The van der Waals surface area contributed by atoms with Gasteiger partial charge in [-0.25, -0.2) is 10.4 Å². The Morgan fingerprint density at radius 1 is 0.881 bits per heavy atom. The Morgan fingerprint density at radius 3 is 2.45 bits per heavy atom. The van der Waals surface area contributed by atoms with Crippen molar-refractivity contribution in [3.05, 3.63) is 142 Å². The summed E-state index contributed by atoms with van der Waals surface area (Å²) < 4.78 is 6.15. The van der Waals surface area contributed by atoms with Gasteiger partial charge in [0.2, 0.25) is 0 Å². The highest BCUT2D eigenvalue weighted by Crippen LogP contribution is 2.29. The molecule has 1 heterocycles. The number of ether oxygens (including phenoxy) is 1. The van der Waals surface area contributed by atoms with Crippen LogP contribution in [0.2, 0.25) is 5.02 Å². The summed E-state index contributed by atoms with van der Waals surface area (Å²) in [5.74, 6) is 0.349. The molecule has 42 heavy (non-hydrogen) atoms. The van der Waals surface area contributed by atoms with E-state index in [1.807, 2.05) is 109 Å². The molecule has 0 spiro atoms. The lowest BCUT2D eigenvalue weighted by molar-refractivity contribution is 0.0955. The molecule has 0 aliphatic heterocycles. The van der Waals surface area contributed by atoms with Crippen LogP contribution in [-0.2, 0) is 6.61 Å². The van der Waals surface area contributed by atoms with E-state index in [2.05, 4.69) is 20.8 Å². The van der Waals surface area contributed by atoms with Gasteiger partial charge in [0.05, 0.1) is 11.9 Å². The quantitative estimate of drug-likeness (QED) is 0.131. The fourth-order valence-electron chi connectivity index (χ4n) is 4.40. The van der Waals surface area contributed by atoms with Crippen LogP contribution in [0.25, 0.3) is 22.0 Å². The summed E-state index contributed by atoms with van der Waals surface area (Å²) >= 11 is 7.54. The molecule has 206 valence electrons. The number of hydrogen-bond acceptors (Lipinski definition) is 6. The van der Waals surface area contributed by atoms with Crippen molar-refractivity contribution in [2.24, 2.45) is 5.10 Å². The van der Waals surface area contributed by atoms with Gasteiger partial charge >= 0.3 is 0 Å². The van der Waals surface area contributed by atoms with Crippen molar-refractivity contribution in [3.63, 3.8) is 0 Å². The number of halogens is 1. The van der Waals surface area contributed by atoms with Gasteiger partial charge in [0, 0.05) is 32.8 Å². The standard InChI is InChI=1S/C34H25ClN4O2S/c35-27-17-10-23(11-18-27)21-41-32-19-16-24-6-4-5-9-29(24)30(32)20-36-39-33(40)26-14-12-25(13-15-26)31-22-42-34(38-31)37-28-7-2-1-3-8-28/h1-20,22H,21H2,(H,37,38)(H,39,40)/b36-20-. The first kappa shape index (κ1) is 27.2. The van der Waals surface area contributed by atoms with Crippen molar-refractivity contribution in [2.45, 2.75) is 6.61 Å². The van der Waals surface area contributed by atoms with E-state index in [0.29, 0.717) is 22.9 Å². The number of anilines is 2. The average molecular weight is 589 g/mol.